The Bertz CT molecular complexity index is 921. The second-order valence-electron chi connectivity index (χ2n) is 7.71. The fourth-order valence-electron chi connectivity index (χ4n) is 3.05. The highest BCUT2D eigenvalue weighted by atomic mass is 15.1. The fourth-order valence-corrected chi connectivity index (χ4v) is 3.05. The predicted molar refractivity (Wildman–Crippen MR) is 100 cm³/mol. The van der Waals surface area contributed by atoms with Crippen molar-refractivity contribution in [3.05, 3.63) is 59.2 Å². The van der Waals surface area contributed by atoms with Gasteiger partial charge >= 0.3 is 0 Å². The van der Waals surface area contributed by atoms with Crippen LogP contribution in [0.4, 0.5) is 0 Å². The maximum atomic E-state index is 9.13. The van der Waals surface area contributed by atoms with E-state index in [1.54, 1.807) is 6.20 Å². The highest BCUT2D eigenvalue weighted by molar-refractivity contribution is 5.77. The van der Waals surface area contributed by atoms with Crippen LogP contribution in [0, 0.1) is 16.7 Å². The van der Waals surface area contributed by atoms with Crippen LogP contribution < -0.4 is 0 Å². The summed E-state index contributed by atoms with van der Waals surface area (Å²) >= 11 is 0. The zero-order valence-electron chi connectivity index (χ0n) is 15.4. The van der Waals surface area contributed by atoms with Crippen LogP contribution in [-0.4, -0.2) is 14.5 Å². The molecule has 2 aromatic heterocycles. The van der Waals surface area contributed by atoms with Crippen molar-refractivity contribution in [3.63, 3.8) is 0 Å². The first-order chi connectivity index (χ1) is 11.9. The number of aryl methyl sites for hydroxylation is 1. The van der Waals surface area contributed by atoms with Gasteiger partial charge in [-0.1, -0.05) is 52.0 Å². The zero-order chi connectivity index (χ0) is 18.0. The number of rotatable bonds is 4. The normalized spacial score (nSPS) is 11.6. The number of benzene rings is 1. The first-order valence-corrected chi connectivity index (χ1v) is 8.72. The lowest BCUT2D eigenvalue weighted by Gasteiger charge is -2.21. The summed E-state index contributed by atoms with van der Waals surface area (Å²) in [4.78, 5) is 8.58. The van der Waals surface area contributed by atoms with Crippen LogP contribution in [0.2, 0.25) is 0 Å². The number of nitrogens with zero attached hydrogens (tertiary/aromatic N) is 4. The Hall–Kier alpha value is -2.67. The molecule has 0 saturated carbocycles. The fraction of sp³-hybridized carbons (Fsp3) is 0.381. The van der Waals surface area contributed by atoms with Gasteiger partial charge in [-0.15, -0.1) is 0 Å². The Morgan fingerprint density at radius 2 is 1.80 bits per heavy atom. The molecule has 4 heteroatoms. The van der Waals surface area contributed by atoms with Crippen LogP contribution in [-0.2, 0) is 19.4 Å². The molecule has 0 bridgehead atoms. The van der Waals surface area contributed by atoms with Gasteiger partial charge < -0.3 is 4.57 Å². The quantitative estimate of drug-likeness (QED) is 0.706. The molecule has 2 heterocycles. The second kappa shape index (κ2) is 6.68. The third-order valence-corrected chi connectivity index (χ3v) is 4.27. The molecule has 0 saturated heterocycles. The van der Waals surface area contributed by atoms with Gasteiger partial charge in [-0.3, -0.25) is 0 Å². The lowest BCUT2D eigenvalue weighted by Crippen LogP contribution is -2.18. The average molecular weight is 332 g/mol. The molecule has 0 aliphatic rings. The SMILES string of the molecule is CCc1ccc(Cc2cc3cnc(C#N)nc3n2CC(C)(C)C)cc1. The van der Waals surface area contributed by atoms with Crippen LogP contribution >= 0.6 is 0 Å². The number of fused-ring (bicyclic) bond motifs is 1. The monoisotopic (exact) mass is 332 g/mol. The molecule has 0 spiro atoms. The van der Waals surface area contributed by atoms with E-state index >= 15 is 0 Å². The Morgan fingerprint density at radius 3 is 2.40 bits per heavy atom. The Morgan fingerprint density at radius 1 is 1.12 bits per heavy atom. The van der Waals surface area contributed by atoms with Crippen LogP contribution in [0.25, 0.3) is 11.0 Å². The standard InChI is InChI=1S/C21H24N4/c1-5-15-6-8-16(9-7-15)10-18-11-17-13-23-19(12-22)24-20(17)25(18)14-21(2,3)4/h6-9,11,13H,5,10,14H2,1-4H3. The van der Waals surface area contributed by atoms with Crippen molar-refractivity contribution in [2.75, 3.05) is 0 Å². The molecule has 128 valence electrons. The first-order valence-electron chi connectivity index (χ1n) is 8.72. The van der Waals surface area contributed by atoms with E-state index in [1.165, 1.54) is 16.8 Å². The van der Waals surface area contributed by atoms with Gasteiger partial charge in [0.15, 0.2) is 0 Å². The lowest BCUT2D eigenvalue weighted by molar-refractivity contribution is 0.344. The van der Waals surface area contributed by atoms with Crippen LogP contribution in [0.15, 0.2) is 36.5 Å². The van der Waals surface area contributed by atoms with Gasteiger partial charge in [0.05, 0.1) is 0 Å². The van der Waals surface area contributed by atoms with E-state index in [1.807, 2.05) is 6.07 Å². The van der Waals surface area contributed by atoms with Gasteiger partial charge in [0.2, 0.25) is 5.82 Å². The number of aromatic nitrogens is 3. The van der Waals surface area contributed by atoms with E-state index in [0.29, 0.717) is 0 Å². The Kier molecular flexibility index (Phi) is 4.59. The highest BCUT2D eigenvalue weighted by Gasteiger charge is 2.18. The molecule has 4 nitrogen and oxygen atoms in total. The smallest absolute Gasteiger partial charge is 0.234 e. The lowest BCUT2D eigenvalue weighted by atomic mass is 9.96. The summed E-state index contributed by atoms with van der Waals surface area (Å²) in [6.45, 7) is 9.66. The van der Waals surface area contributed by atoms with Crippen molar-refractivity contribution in [3.8, 4) is 6.07 Å². The summed E-state index contributed by atoms with van der Waals surface area (Å²) in [6.07, 6.45) is 3.65. The van der Waals surface area contributed by atoms with Crippen LogP contribution in [0.3, 0.4) is 0 Å². The molecule has 0 amide bonds. The van der Waals surface area contributed by atoms with E-state index in [0.717, 1.165) is 30.4 Å². The molecule has 3 rings (SSSR count). The Balaban J connectivity index is 2.05. The molecule has 0 atom stereocenters. The molecular formula is C21H24N4. The van der Waals surface area contributed by atoms with E-state index in [4.69, 9.17) is 5.26 Å². The summed E-state index contributed by atoms with van der Waals surface area (Å²) in [7, 11) is 0. The molecule has 0 fully saturated rings. The van der Waals surface area contributed by atoms with E-state index in [-0.39, 0.29) is 11.2 Å². The van der Waals surface area contributed by atoms with E-state index in [2.05, 4.69) is 72.6 Å². The van der Waals surface area contributed by atoms with Crippen LogP contribution in [0.5, 0.6) is 0 Å². The Labute approximate surface area is 149 Å². The number of nitriles is 1. The first kappa shape index (κ1) is 17.2. The van der Waals surface area contributed by atoms with Crippen molar-refractivity contribution < 1.29 is 0 Å². The van der Waals surface area contributed by atoms with Crippen molar-refractivity contribution in [2.24, 2.45) is 5.41 Å². The second-order valence-corrected chi connectivity index (χ2v) is 7.71. The minimum absolute atomic E-state index is 0.116. The summed E-state index contributed by atoms with van der Waals surface area (Å²) in [5, 5.41) is 10.1. The maximum absolute atomic E-state index is 9.13. The molecule has 25 heavy (non-hydrogen) atoms. The minimum Gasteiger partial charge on any atom is -0.329 e. The summed E-state index contributed by atoms with van der Waals surface area (Å²) in [6, 6.07) is 13.0. The average Bonchev–Trinajstić information content (AvgIpc) is 2.90. The molecule has 0 unspecified atom stereocenters. The van der Waals surface area contributed by atoms with E-state index < -0.39 is 0 Å². The molecular weight excluding hydrogens is 308 g/mol. The summed E-state index contributed by atoms with van der Waals surface area (Å²) in [5.74, 6) is 0.222. The van der Waals surface area contributed by atoms with Crippen LogP contribution in [0.1, 0.15) is 50.3 Å². The van der Waals surface area contributed by atoms with E-state index in [9.17, 15) is 0 Å². The van der Waals surface area contributed by atoms with Crippen molar-refractivity contribution >= 4 is 11.0 Å². The van der Waals surface area contributed by atoms with Crippen molar-refractivity contribution in [1.29, 1.82) is 5.26 Å². The largest absolute Gasteiger partial charge is 0.329 e. The molecule has 0 aliphatic heterocycles. The minimum atomic E-state index is 0.116. The van der Waals surface area contributed by atoms with Crippen molar-refractivity contribution in [2.45, 2.75) is 47.1 Å². The van der Waals surface area contributed by atoms with Gasteiger partial charge in [0.25, 0.3) is 0 Å². The third kappa shape index (κ3) is 3.88. The molecule has 1 aromatic carbocycles. The molecule has 3 aromatic rings. The zero-order valence-corrected chi connectivity index (χ0v) is 15.4. The third-order valence-electron chi connectivity index (χ3n) is 4.27. The van der Waals surface area contributed by atoms with Gasteiger partial charge in [0, 0.05) is 30.2 Å². The van der Waals surface area contributed by atoms with Gasteiger partial charge in [0.1, 0.15) is 11.7 Å². The van der Waals surface area contributed by atoms with Gasteiger partial charge in [-0.25, -0.2) is 9.97 Å². The highest BCUT2D eigenvalue weighted by Crippen LogP contribution is 2.26. The molecule has 0 N–H and O–H groups in total. The summed E-state index contributed by atoms with van der Waals surface area (Å²) in [5.41, 5.74) is 4.80. The maximum Gasteiger partial charge on any atom is 0.234 e. The van der Waals surface area contributed by atoms with Gasteiger partial charge in [-0.2, -0.15) is 5.26 Å². The number of hydrogen-bond donors (Lipinski definition) is 0. The number of hydrogen-bond acceptors (Lipinski definition) is 3. The predicted octanol–water partition coefficient (Wildman–Crippen LogP) is 4.50. The topological polar surface area (TPSA) is 54.5 Å². The summed E-state index contributed by atoms with van der Waals surface area (Å²) < 4.78 is 2.24. The van der Waals surface area contributed by atoms with Gasteiger partial charge in [-0.05, 0) is 29.0 Å². The van der Waals surface area contributed by atoms with Crippen molar-refractivity contribution in [1.82, 2.24) is 14.5 Å². The molecule has 0 radical (unpaired) electrons. The molecule has 0 aliphatic carbocycles.